The van der Waals surface area contributed by atoms with Crippen molar-refractivity contribution in [1.82, 2.24) is 5.01 Å². The van der Waals surface area contributed by atoms with E-state index in [0.29, 0.717) is 28.9 Å². The number of nitrogens with one attached hydrogen (secondary N) is 1. The van der Waals surface area contributed by atoms with E-state index in [1.165, 1.54) is 24.3 Å². The van der Waals surface area contributed by atoms with Gasteiger partial charge in [-0.3, -0.25) is 9.59 Å². The Bertz CT molecular complexity index is 1160. The molecule has 2 aromatic carbocycles. The third-order valence-electron chi connectivity index (χ3n) is 5.42. The lowest BCUT2D eigenvalue weighted by atomic mass is 9.89. The average molecular weight is 507 g/mol. The average Bonchev–Trinajstić information content (AvgIpc) is 2.84. The number of anilines is 1. The summed E-state index contributed by atoms with van der Waals surface area (Å²) in [6.45, 7) is 1.95. The van der Waals surface area contributed by atoms with Gasteiger partial charge in [-0.2, -0.15) is 5.10 Å². The number of carbonyl (C=O) groups excluding carboxylic acids is 3. The number of ether oxygens (including phenoxy) is 3. The Morgan fingerprint density at radius 3 is 2.39 bits per heavy atom. The van der Waals surface area contributed by atoms with Crippen LogP contribution in [0.5, 0.6) is 11.5 Å². The summed E-state index contributed by atoms with van der Waals surface area (Å²) in [6, 6.07) is 10.5. The highest BCUT2D eigenvalue weighted by molar-refractivity contribution is 6.37. The van der Waals surface area contributed by atoms with Crippen LogP contribution in [0.1, 0.15) is 30.9 Å². The number of alkyl halides is 3. The predicted octanol–water partition coefficient (Wildman–Crippen LogP) is 3.87. The summed E-state index contributed by atoms with van der Waals surface area (Å²) in [5.74, 6) is -3.09. The molecule has 1 unspecified atom stereocenters. The van der Waals surface area contributed by atoms with Crippen LogP contribution in [-0.2, 0) is 25.7 Å². The normalized spacial score (nSPS) is 15.7. The Balaban J connectivity index is 1.85. The van der Waals surface area contributed by atoms with Crippen molar-refractivity contribution in [2.45, 2.75) is 32.7 Å². The van der Waals surface area contributed by atoms with Crippen molar-refractivity contribution in [2.75, 3.05) is 19.5 Å². The topological polar surface area (TPSA) is 107 Å². The third kappa shape index (κ3) is 6.52. The minimum atomic E-state index is -4.91. The van der Waals surface area contributed by atoms with Gasteiger partial charge in [0.2, 0.25) is 5.91 Å². The molecule has 1 heterocycles. The Kier molecular flexibility index (Phi) is 8.18. The van der Waals surface area contributed by atoms with Gasteiger partial charge < -0.3 is 19.5 Å². The summed E-state index contributed by atoms with van der Waals surface area (Å²) < 4.78 is 52.1. The smallest absolute Gasteiger partial charge is 0.493 e. The number of hydrazone groups is 1. The van der Waals surface area contributed by atoms with E-state index in [-0.39, 0.29) is 30.5 Å². The van der Waals surface area contributed by atoms with E-state index in [1.807, 2.05) is 6.92 Å². The second-order valence-corrected chi connectivity index (χ2v) is 7.80. The van der Waals surface area contributed by atoms with Crippen LogP contribution in [0.3, 0.4) is 0 Å². The minimum Gasteiger partial charge on any atom is -0.493 e. The first-order chi connectivity index (χ1) is 17.0. The van der Waals surface area contributed by atoms with Crippen molar-refractivity contribution < 1.29 is 41.8 Å². The molecule has 1 atom stereocenters. The van der Waals surface area contributed by atoms with Crippen molar-refractivity contribution in [3.8, 4) is 11.5 Å². The van der Waals surface area contributed by atoms with Crippen molar-refractivity contribution in [2.24, 2.45) is 11.0 Å². The molecule has 192 valence electrons. The van der Waals surface area contributed by atoms with Gasteiger partial charge in [0.1, 0.15) is 0 Å². The number of rotatable bonds is 7. The van der Waals surface area contributed by atoms with Crippen LogP contribution in [0.4, 0.5) is 18.9 Å². The zero-order chi connectivity index (χ0) is 26.5. The fourth-order valence-electron chi connectivity index (χ4n) is 3.62. The highest BCUT2D eigenvalue weighted by Gasteiger charge is 2.34. The number of nitrogens with zero attached hydrogens (tertiary/aromatic N) is 2. The lowest BCUT2D eigenvalue weighted by molar-refractivity contribution is -0.275. The maximum Gasteiger partial charge on any atom is 0.573 e. The second kappa shape index (κ2) is 11.1. The number of halogens is 3. The molecule has 0 spiro atoms. The molecular formula is C24H24F3N3O6. The van der Waals surface area contributed by atoms with Crippen LogP contribution >= 0.6 is 0 Å². The van der Waals surface area contributed by atoms with Crippen molar-refractivity contribution in [3.05, 3.63) is 53.6 Å². The molecule has 1 aliphatic rings. The van der Waals surface area contributed by atoms with Gasteiger partial charge in [0.15, 0.2) is 11.5 Å². The van der Waals surface area contributed by atoms with Gasteiger partial charge in [-0.05, 0) is 42.3 Å². The van der Waals surface area contributed by atoms with E-state index in [4.69, 9.17) is 4.74 Å². The molecule has 1 aliphatic heterocycles. The Morgan fingerprint density at radius 2 is 1.81 bits per heavy atom. The van der Waals surface area contributed by atoms with Crippen molar-refractivity contribution >= 4 is 29.2 Å². The largest absolute Gasteiger partial charge is 0.573 e. The number of benzene rings is 2. The zero-order valence-electron chi connectivity index (χ0n) is 19.7. The third-order valence-corrected chi connectivity index (χ3v) is 5.42. The Morgan fingerprint density at radius 1 is 1.11 bits per heavy atom. The molecule has 0 saturated carbocycles. The van der Waals surface area contributed by atoms with E-state index in [1.54, 1.807) is 30.3 Å². The van der Waals surface area contributed by atoms with Gasteiger partial charge in [-0.25, -0.2) is 9.80 Å². The summed E-state index contributed by atoms with van der Waals surface area (Å²) in [4.78, 5) is 35.6. The molecule has 2 amide bonds. The van der Waals surface area contributed by atoms with Crippen LogP contribution in [-0.4, -0.2) is 49.1 Å². The highest BCUT2D eigenvalue weighted by atomic mass is 19.4. The lowest BCUT2D eigenvalue weighted by Gasteiger charge is -2.29. The SMILES string of the molecule is CCC1CC(=O)N(Cc2ccc(NC(=O)C(=O)OC)cc2)N=C1c1ccc(OC)c(OC(F)(F)F)c1. The van der Waals surface area contributed by atoms with Crippen molar-refractivity contribution in [3.63, 3.8) is 0 Å². The minimum absolute atomic E-state index is 0.0893. The van der Waals surface area contributed by atoms with Crippen LogP contribution in [0.25, 0.3) is 0 Å². The first-order valence-corrected chi connectivity index (χ1v) is 10.9. The molecule has 9 nitrogen and oxygen atoms in total. The van der Waals surface area contributed by atoms with E-state index < -0.39 is 24.0 Å². The monoisotopic (exact) mass is 507 g/mol. The molecule has 0 fully saturated rings. The van der Waals surface area contributed by atoms with Gasteiger partial charge in [-0.15, -0.1) is 13.2 Å². The van der Waals surface area contributed by atoms with Gasteiger partial charge >= 0.3 is 18.2 Å². The number of hydrogen-bond donors (Lipinski definition) is 1. The van der Waals surface area contributed by atoms with Crippen LogP contribution in [0.2, 0.25) is 0 Å². The molecule has 0 saturated heterocycles. The van der Waals surface area contributed by atoms with Crippen molar-refractivity contribution in [1.29, 1.82) is 0 Å². The van der Waals surface area contributed by atoms with Gasteiger partial charge in [-0.1, -0.05) is 19.1 Å². The van der Waals surface area contributed by atoms with Crippen LogP contribution < -0.4 is 14.8 Å². The fourth-order valence-corrected chi connectivity index (χ4v) is 3.62. The first-order valence-electron chi connectivity index (χ1n) is 10.9. The van der Waals surface area contributed by atoms with Crippen LogP contribution in [0.15, 0.2) is 47.6 Å². The van der Waals surface area contributed by atoms with Gasteiger partial charge in [0.25, 0.3) is 0 Å². The Labute approximate surface area is 204 Å². The molecule has 0 radical (unpaired) electrons. The molecule has 3 rings (SSSR count). The summed E-state index contributed by atoms with van der Waals surface area (Å²) in [7, 11) is 2.33. The molecule has 0 bridgehead atoms. The van der Waals surface area contributed by atoms with Gasteiger partial charge in [0.05, 0.1) is 26.5 Å². The molecule has 36 heavy (non-hydrogen) atoms. The summed E-state index contributed by atoms with van der Waals surface area (Å²) in [5.41, 5.74) is 1.85. The predicted molar refractivity (Wildman–Crippen MR) is 122 cm³/mol. The van der Waals surface area contributed by atoms with E-state index in [9.17, 15) is 27.6 Å². The quantitative estimate of drug-likeness (QED) is 0.451. The molecule has 2 aromatic rings. The summed E-state index contributed by atoms with van der Waals surface area (Å²) in [6.07, 6.45) is -4.23. The van der Waals surface area contributed by atoms with Crippen LogP contribution in [0, 0.1) is 5.92 Å². The number of esters is 1. The van der Waals surface area contributed by atoms with E-state index >= 15 is 0 Å². The zero-order valence-corrected chi connectivity index (χ0v) is 19.7. The Hall–Kier alpha value is -4.09. The number of methoxy groups -OCH3 is 2. The standard InChI is InChI=1S/C24H24F3N3O6/c1-4-15-12-20(31)30(13-14-5-8-17(9-6-14)28-22(32)23(33)35-3)29-21(15)16-7-10-18(34-2)19(11-16)36-24(25,26)27/h5-11,15H,4,12-13H2,1-3H3,(H,28,32). The van der Waals surface area contributed by atoms with E-state index in [2.05, 4.69) is 19.9 Å². The molecule has 0 aliphatic carbocycles. The summed E-state index contributed by atoms with van der Waals surface area (Å²) >= 11 is 0. The number of hydrogen-bond acceptors (Lipinski definition) is 7. The van der Waals surface area contributed by atoms with E-state index in [0.717, 1.165) is 7.11 Å². The number of carbonyl (C=O) groups is 3. The first kappa shape index (κ1) is 26.5. The lowest BCUT2D eigenvalue weighted by Crippen LogP contribution is -2.36. The van der Waals surface area contributed by atoms with Gasteiger partial charge in [0, 0.05) is 23.6 Å². The molecule has 12 heteroatoms. The summed E-state index contributed by atoms with van der Waals surface area (Å²) in [5, 5.41) is 8.10. The second-order valence-electron chi connectivity index (χ2n) is 7.80. The maximum atomic E-state index is 12.9. The maximum absolute atomic E-state index is 12.9. The highest BCUT2D eigenvalue weighted by Crippen LogP contribution is 2.35. The molecule has 0 aromatic heterocycles. The molecule has 1 N–H and O–H groups in total. The number of amides is 2. The fraction of sp³-hybridized carbons (Fsp3) is 0.333. The molecular weight excluding hydrogens is 483 g/mol.